The van der Waals surface area contributed by atoms with Crippen molar-refractivity contribution in [1.82, 2.24) is 4.90 Å². The highest BCUT2D eigenvalue weighted by Gasteiger charge is 2.52. The Kier molecular flexibility index (Phi) is 3.95. The number of hydrogen-bond donors (Lipinski definition) is 0. The van der Waals surface area contributed by atoms with Crippen LogP contribution in [0.25, 0.3) is 0 Å². The second-order valence-corrected chi connectivity index (χ2v) is 7.33. The van der Waals surface area contributed by atoms with Gasteiger partial charge in [0.25, 0.3) is 0 Å². The largest absolute Gasteiger partial charge is 0.337 e. The van der Waals surface area contributed by atoms with E-state index in [0.717, 1.165) is 6.54 Å². The van der Waals surface area contributed by atoms with Gasteiger partial charge >= 0.3 is 0 Å². The molecule has 1 aromatic rings. The maximum absolute atomic E-state index is 12.2. The van der Waals surface area contributed by atoms with E-state index in [1.165, 1.54) is 12.0 Å². The van der Waals surface area contributed by atoms with E-state index in [1.54, 1.807) is 0 Å². The molecule has 0 spiro atoms. The average molecular weight is 273 g/mol. The minimum Gasteiger partial charge on any atom is -0.337 e. The lowest BCUT2D eigenvalue weighted by atomic mass is 9.96. The molecule has 1 amide bonds. The molecule has 1 saturated carbocycles. The van der Waals surface area contributed by atoms with Crippen molar-refractivity contribution in [2.24, 2.45) is 5.41 Å². The molecule has 1 fully saturated rings. The zero-order chi connectivity index (χ0) is 15.0. The lowest BCUT2D eigenvalue weighted by molar-refractivity contribution is -0.136. The first-order valence-electron chi connectivity index (χ1n) is 7.63. The number of carbonyl (C=O) groups excluding carboxylic acids is 1. The van der Waals surface area contributed by atoms with E-state index in [0.29, 0.717) is 12.3 Å². The summed E-state index contributed by atoms with van der Waals surface area (Å²) in [4.78, 5) is 14.3. The van der Waals surface area contributed by atoms with Gasteiger partial charge in [-0.15, -0.1) is 0 Å². The summed E-state index contributed by atoms with van der Waals surface area (Å²) in [6.07, 6.45) is 1.77. The molecule has 0 radical (unpaired) electrons. The zero-order valence-corrected chi connectivity index (χ0v) is 13.4. The minimum atomic E-state index is -0.0973. The summed E-state index contributed by atoms with van der Waals surface area (Å²) in [7, 11) is 0. The molecule has 1 aliphatic rings. The molecule has 2 rings (SSSR count). The van der Waals surface area contributed by atoms with Crippen molar-refractivity contribution in [2.75, 3.05) is 6.54 Å². The van der Waals surface area contributed by atoms with Crippen LogP contribution in [0.5, 0.6) is 0 Å². The van der Waals surface area contributed by atoms with Gasteiger partial charge in [0.1, 0.15) is 0 Å². The quantitative estimate of drug-likeness (QED) is 0.804. The van der Waals surface area contributed by atoms with E-state index in [9.17, 15) is 4.79 Å². The Morgan fingerprint density at radius 1 is 1.30 bits per heavy atom. The van der Waals surface area contributed by atoms with Crippen molar-refractivity contribution in [3.8, 4) is 0 Å². The van der Waals surface area contributed by atoms with Crippen LogP contribution in [0.2, 0.25) is 0 Å². The summed E-state index contributed by atoms with van der Waals surface area (Å²) >= 11 is 0. The third kappa shape index (κ3) is 3.05. The number of nitrogens with zero attached hydrogens (tertiary/aromatic N) is 1. The normalized spacial score (nSPS) is 25.4. The van der Waals surface area contributed by atoms with Crippen LogP contribution in [0, 0.1) is 5.41 Å². The van der Waals surface area contributed by atoms with Crippen molar-refractivity contribution in [2.45, 2.75) is 58.9 Å². The van der Waals surface area contributed by atoms with Crippen LogP contribution in [0.1, 0.15) is 58.9 Å². The second-order valence-electron chi connectivity index (χ2n) is 7.33. The number of carbonyl (C=O) groups is 1. The molecule has 1 aliphatic carbocycles. The zero-order valence-electron chi connectivity index (χ0n) is 13.4. The molecule has 0 aliphatic heterocycles. The van der Waals surface area contributed by atoms with E-state index in [1.807, 2.05) is 6.92 Å². The molecular formula is C18H27NO. The molecule has 0 aromatic heterocycles. The first kappa shape index (κ1) is 15.1. The number of benzene rings is 1. The molecular weight excluding hydrogens is 246 g/mol. The smallest absolute Gasteiger partial charge is 0.222 e. The van der Waals surface area contributed by atoms with Crippen LogP contribution in [-0.2, 0) is 4.79 Å². The highest BCUT2D eigenvalue weighted by atomic mass is 16.2. The monoisotopic (exact) mass is 273 g/mol. The second kappa shape index (κ2) is 5.23. The van der Waals surface area contributed by atoms with Gasteiger partial charge in [0.2, 0.25) is 5.91 Å². The van der Waals surface area contributed by atoms with Crippen LogP contribution >= 0.6 is 0 Å². The molecule has 2 unspecified atom stereocenters. The number of hydrogen-bond acceptors (Lipinski definition) is 1. The fraction of sp³-hybridized carbons (Fsp3) is 0.611. The molecule has 110 valence electrons. The topological polar surface area (TPSA) is 20.3 Å². The molecule has 2 nitrogen and oxygen atoms in total. The third-order valence-electron chi connectivity index (χ3n) is 4.49. The van der Waals surface area contributed by atoms with Gasteiger partial charge < -0.3 is 4.90 Å². The molecule has 2 atom stereocenters. The predicted octanol–water partition coefficient (Wildman–Crippen LogP) is 4.22. The minimum absolute atomic E-state index is 0.0973. The van der Waals surface area contributed by atoms with Gasteiger partial charge in [-0.1, -0.05) is 44.2 Å². The first-order chi connectivity index (χ1) is 9.28. The third-order valence-corrected chi connectivity index (χ3v) is 4.49. The van der Waals surface area contributed by atoms with Crippen molar-refractivity contribution in [3.05, 3.63) is 35.9 Å². The number of rotatable bonds is 4. The molecule has 0 N–H and O–H groups in total. The van der Waals surface area contributed by atoms with Crippen LogP contribution in [0.4, 0.5) is 0 Å². The summed E-state index contributed by atoms with van der Waals surface area (Å²) < 4.78 is 0. The maximum atomic E-state index is 12.2. The molecule has 0 bridgehead atoms. The summed E-state index contributed by atoms with van der Waals surface area (Å²) in [5, 5.41) is 0. The lowest BCUT2D eigenvalue weighted by Gasteiger charge is -2.38. The molecule has 0 saturated heterocycles. The van der Waals surface area contributed by atoms with Gasteiger partial charge in [0.05, 0.1) is 0 Å². The van der Waals surface area contributed by atoms with Crippen molar-refractivity contribution in [3.63, 3.8) is 0 Å². The standard InChI is InChI=1S/C18H27NO/c1-6-16(20)19(17(2,3)4)13-18(5)12-15(18)14-10-8-7-9-11-14/h7-11,15H,6,12-13H2,1-5H3. The first-order valence-corrected chi connectivity index (χ1v) is 7.63. The highest BCUT2D eigenvalue weighted by molar-refractivity contribution is 5.76. The predicted molar refractivity (Wildman–Crippen MR) is 83.7 cm³/mol. The molecule has 20 heavy (non-hydrogen) atoms. The Hall–Kier alpha value is -1.31. The number of amides is 1. The summed E-state index contributed by atoms with van der Waals surface area (Å²) in [6, 6.07) is 10.7. The van der Waals surface area contributed by atoms with Crippen LogP contribution in [0.15, 0.2) is 30.3 Å². The van der Waals surface area contributed by atoms with Crippen LogP contribution in [-0.4, -0.2) is 22.9 Å². The van der Waals surface area contributed by atoms with Crippen LogP contribution < -0.4 is 0 Å². The van der Waals surface area contributed by atoms with Crippen molar-refractivity contribution in [1.29, 1.82) is 0 Å². The Bertz CT molecular complexity index is 474. The van der Waals surface area contributed by atoms with Crippen molar-refractivity contribution >= 4 is 5.91 Å². The van der Waals surface area contributed by atoms with Gasteiger partial charge in [-0.05, 0) is 44.1 Å². The fourth-order valence-corrected chi connectivity index (χ4v) is 3.04. The van der Waals surface area contributed by atoms with Gasteiger partial charge in [0.15, 0.2) is 0 Å². The van der Waals surface area contributed by atoms with Gasteiger partial charge in [-0.2, -0.15) is 0 Å². The van der Waals surface area contributed by atoms with E-state index < -0.39 is 0 Å². The molecule has 0 heterocycles. The fourth-order valence-electron chi connectivity index (χ4n) is 3.04. The Balaban J connectivity index is 2.11. The van der Waals surface area contributed by atoms with E-state index in [2.05, 4.69) is 62.9 Å². The van der Waals surface area contributed by atoms with E-state index >= 15 is 0 Å². The summed E-state index contributed by atoms with van der Waals surface area (Å²) in [5.41, 5.74) is 1.55. The SMILES string of the molecule is CCC(=O)N(CC1(C)CC1c1ccccc1)C(C)(C)C. The van der Waals surface area contributed by atoms with Gasteiger partial charge in [-0.3, -0.25) is 4.79 Å². The molecule has 1 aromatic carbocycles. The molecule has 2 heteroatoms. The lowest BCUT2D eigenvalue weighted by Crippen LogP contribution is -2.48. The van der Waals surface area contributed by atoms with Crippen LogP contribution in [0.3, 0.4) is 0 Å². The van der Waals surface area contributed by atoms with E-state index in [-0.39, 0.29) is 16.9 Å². The average Bonchev–Trinajstić information content (AvgIpc) is 3.07. The van der Waals surface area contributed by atoms with Gasteiger partial charge in [0, 0.05) is 18.5 Å². The summed E-state index contributed by atoms with van der Waals surface area (Å²) in [5.74, 6) is 0.857. The van der Waals surface area contributed by atoms with Gasteiger partial charge in [-0.25, -0.2) is 0 Å². The Morgan fingerprint density at radius 2 is 1.90 bits per heavy atom. The Labute approximate surface area is 123 Å². The van der Waals surface area contributed by atoms with E-state index in [4.69, 9.17) is 0 Å². The summed E-state index contributed by atoms with van der Waals surface area (Å²) in [6.45, 7) is 11.5. The highest BCUT2D eigenvalue weighted by Crippen LogP contribution is 2.59. The van der Waals surface area contributed by atoms with Crippen molar-refractivity contribution < 1.29 is 4.79 Å². The Morgan fingerprint density at radius 3 is 2.40 bits per heavy atom. The maximum Gasteiger partial charge on any atom is 0.222 e.